The maximum absolute atomic E-state index is 11.3. The van der Waals surface area contributed by atoms with E-state index in [4.69, 9.17) is 5.11 Å². The minimum absolute atomic E-state index is 0.00701. The summed E-state index contributed by atoms with van der Waals surface area (Å²) in [6.45, 7) is 5.51. The Morgan fingerprint density at radius 3 is 2.31 bits per heavy atom. The van der Waals surface area contributed by atoms with Gasteiger partial charge in [0, 0.05) is 12.1 Å². The zero-order valence-electron chi connectivity index (χ0n) is 8.50. The number of aliphatic hydroxyl groups is 1. The van der Waals surface area contributed by atoms with Crippen molar-refractivity contribution in [2.24, 2.45) is 0 Å². The van der Waals surface area contributed by atoms with Crippen molar-refractivity contribution in [3.63, 3.8) is 0 Å². The van der Waals surface area contributed by atoms with Crippen LogP contribution in [0.25, 0.3) is 0 Å². The number of aliphatic hydroxyl groups excluding tert-OH is 1. The Balaban J connectivity index is 4.18. The molecule has 0 spiro atoms. The first-order valence-electron chi connectivity index (χ1n) is 4.45. The molecule has 0 aliphatic heterocycles. The van der Waals surface area contributed by atoms with Crippen LogP contribution in [0.2, 0.25) is 0 Å². The third-order valence-electron chi connectivity index (χ3n) is 1.89. The van der Waals surface area contributed by atoms with Crippen molar-refractivity contribution >= 4 is 10.0 Å². The zero-order chi connectivity index (χ0) is 10.5. The molecule has 0 rings (SSSR count). The largest absolute Gasteiger partial charge is 0.396 e. The molecule has 80 valence electrons. The van der Waals surface area contributed by atoms with Crippen LogP contribution in [0.5, 0.6) is 0 Å². The number of nitrogens with one attached hydrogen (secondary N) is 1. The Morgan fingerprint density at radius 2 is 1.92 bits per heavy atom. The van der Waals surface area contributed by atoms with E-state index in [0.29, 0.717) is 0 Å². The maximum Gasteiger partial charge on any atom is 0.212 e. The third-order valence-corrected chi connectivity index (χ3v) is 3.58. The molecule has 0 amide bonds. The van der Waals surface area contributed by atoms with Crippen LogP contribution in [-0.2, 0) is 10.0 Å². The second kappa shape index (κ2) is 4.93. The quantitative estimate of drug-likeness (QED) is 0.668. The normalized spacial score (nSPS) is 13.2. The van der Waals surface area contributed by atoms with E-state index in [-0.39, 0.29) is 18.8 Å². The highest BCUT2D eigenvalue weighted by Crippen LogP contribution is 2.09. The molecule has 2 N–H and O–H groups in total. The van der Waals surface area contributed by atoms with Gasteiger partial charge in [0.05, 0.1) is 5.75 Å². The molecule has 0 saturated carbocycles. The van der Waals surface area contributed by atoms with Gasteiger partial charge in [0.15, 0.2) is 0 Å². The van der Waals surface area contributed by atoms with Gasteiger partial charge in [-0.2, -0.15) is 0 Å². The standard InChI is InChI=1S/C8H19NO3S/c1-4-8(2,3)9-13(11,12)7-5-6-10/h9-10H,4-7H2,1-3H3. The Kier molecular flexibility index (Phi) is 4.88. The van der Waals surface area contributed by atoms with E-state index in [0.717, 1.165) is 6.42 Å². The number of hydrogen-bond donors (Lipinski definition) is 2. The monoisotopic (exact) mass is 209 g/mol. The first-order chi connectivity index (χ1) is 5.83. The van der Waals surface area contributed by atoms with Crippen LogP contribution in [0.15, 0.2) is 0 Å². The van der Waals surface area contributed by atoms with Crippen LogP contribution in [0.3, 0.4) is 0 Å². The fourth-order valence-corrected chi connectivity index (χ4v) is 2.40. The molecule has 0 heterocycles. The van der Waals surface area contributed by atoms with E-state index in [1.54, 1.807) is 0 Å². The van der Waals surface area contributed by atoms with Crippen LogP contribution in [-0.4, -0.2) is 31.4 Å². The second-order valence-electron chi connectivity index (χ2n) is 3.74. The first-order valence-corrected chi connectivity index (χ1v) is 6.11. The number of rotatable bonds is 6. The SMILES string of the molecule is CCC(C)(C)NS(=O)(=O)CCCO. The lowest BCUT2D eigenvalue weighted by Gasteiger charge is -2.23. The van der Waals surface area contributed by atoms with Crippen molar-refractivity contribution in [2.75, 3.05) is 12.4 Å². The Morgan fingerprint density at radius 1 is 1.38 bits per heavy atom. The van der Waals surface area contributed by atoms with Crippen LogP contribution in [0, 0.1) is 0 Å². The van der Waals surface area contributed by atoms with Gasteiger partial charge in [-0.3, -0.25) is 0 Å². The number of hydrogen-bond acceptors (Lipinski definition) is 3. The molecule has 0 aromatic rings. The van der Waals surface area contributed by atoms with Gasteiger partial charge in [-0.1, -0.05) is 6.92 Å². The Hall–Kier alpha value is -0.130. The van der Waals surface area contributed by atoms with E-state index < -0.39 is 15.6 Å². The Labute approximate surface area is 80.4 Å². The smallest absolute Gasteiger partial charge is 0.212 e. The van der Waals surface area contributed by atoms with Crippen molar-refractivity contribution < 1.29 is 13.5 Å². The molecule has 0 atom stereocenters. The summed E-state index contributed by atoms with van der Waals surface area (Å²) in [4.78, 5) is 0. The van der Waals surface area contributed by atoms with E-state index in [1.165, 1.54) is 0 Å². The third kappa shape index (κ3) is 6.01. The van der Waals surface area contributed by atoms with Gasteiger partial charge in [-0.25, -0.2) is 13.1 Å². The summed E-state index contributed by atoms with van der Waals surface area (Å²) in [6.07, 6.45) is 1.03. The van der Waals surface area contributed by atoms with Crippen LogP contribution in [0.4, 0.5) is 0 Å². The summed E-state index contributed by atoms with van der Waals surface area (Å²) in [5, 5.41) is 8.49. The maximum atomic E-state index is 11.3. The van der Waals surface area contributed by atoms with Crippen LogP contribution >= 0.6 is 0 Å². The van der Waals surface area contributed by atoms with Gasteiger partial charge in [0.2, 0.25) is 10.0 Å². The second-order valence-corrected chi connectivity index (χ2v) is 5.58. The van der Waals surface area contributed by atoms with Gasteiger partial charge in [0.25, 0.3) is 0 Å². The first kappa shape index (κ1) is 12.9. The zero-order valence-corrected chi connectivity index (χ0v) is 9.32. The summed E-state index contributed by atoms with van der Waals surface area (Å²) in [5.74, 6) is -0.00701. The number of sulfonamides is 1. The summed E-state index contributed by atoms with van der Waals surface area (Å²) < 4.78 is 25.3. The minimum Gasteiger partial charge on any atom is -0.396 e. The van der Waals surface area contributed by atoms with Gasteiger partial charge in [-0.15, -0.1) is 0 Å². The summed E-state index contributed by atoms with van der Waals surface area (Å²) >= 11 is 0. The molecule has 13 heavy (non-hydrogen) atoms. The van der Waals surface area contributed by atoms with E-state index >= 15 is 0 Å². The molecule has 4 nitrogen and oxygen atoms in total. The van der Waals surface area contributed by atoms with Gasteiger partial charge in [-0.05, 0) is 26.7 Å². The summed E-state index contributed by atoms with van der Waals surface area (Å²) in [5.41, 5.74) is -0.395. The van der Waals surface area contributed by atoms with E-state index in [1.807, 2.05) is 20.8 Å². The average molecular weight is 209 g/mol. The molecule has 0 aromatic carbocycles. The molecular weight excluding hydrogens is 190 g/mol. The predicted molar refractivity (Wildman–Crippen MR) is 53.0 cm³/mol. The molecule has 0 bridgehead atoms. The van der Waals surface area contributed by atoms with Gasteiger partial charge in [0.1, 0.15) is 0 Å². The highest BCUT2D eigenvalue weighted by Gasteiger charge is 2.22. The van der Waals surface area contributed by atoms with Crippen molar-refractivity contribution in [3.8, 4) is 0 Å². The lowest BCUT2D eigenvalue weighted by Crippen LogP contribution is -2.43. The van der Waals surface area contributed by atoms with Gasteiger partial charge < -0.3 is 5.11 Å². The summed E-state index contributed by atoms with van der Waals surface area (Å²) in [7, 11) is -3.22. The highest BCUT2D eigenvalue weighted by atomic mass is 32.2. The highest BCUT2D eigenvalue weighted by molar-refractivity contribution is 7.89. The molecule has 0 aromatic heterocycles. The van der Waals surface area contributed by atoms with E-state index in [9.17, 15) is 8.42 Å². The lowest BCUT2D eigenvalue weighted by molar-refractivity contribution is 0.295. The summed E-state index contributed by atoms with van der Waals surface area (Å²) in [6, 6.07) is 0. The molecule has 0 aliphatic carbocycles. The topological polar surface area (TPSA) is 66.4 Å². The van der Waals surface area contributed by atoms with E-state index in [2.05, 4.69) is 4.72 Å². The van der Waals surface area contributed by atoms with Crippen molar-refractivity contribution in [1.82, 2.24) is 4.72 Å². The van der Waals surface area contributed by atoms with Crippen LogP contribution < -0.4 is 4.72 Å². The van der Waals surface area contributed by atoms with Crippen molar-refractivity contribution in [3.05, 3.63) is 0 Å². The van der Waals surface area contributed by atoms with Gasteiger partial charge >= 0.3 is 0 Å². The Bertz CT molecular complexity index is 234. The molecular formula is C8H19NO3S. The molecule has 5 heteroatoms. The fraction of sp³-hybridized carbons (Fsp3) is 1.00. The lowest BCUT2D eigenvalue weighted by atomic mass is 10.0. The minimum atomic E-state index is -3.22. The molecule has 0 unspecified atom stereocenters. The van der Waals surface area contributed by atoms with Crippen molar-refractivity contribution in [1.29, 1.82) is 0 Å². The molecule has 0 saturated heterocycles. The predicted octanol–water partition coefficient (Wildman–Crippen LogP) is 0.477. The molecule has 0 radical (unpaired) electrons. The van der Waals surface area contributed by atoms with Crippen molar-refractivity contribution in [2.45, 2.75) is 39.2 Å². The van der Waals surface area contributed by atoms with Crippen LogP contribution in [0.1, 0.15) is 33.6 Å². The molecule has 0 aliphatic rings. The fourth-order valence-electron chi connectivity index (χ4n) is 0.799. The molecule has 0 fully saturated rings. The average Bonchev–Trinajstić information content (AvgIpc) is 1.99.